The number of carbonyl (C=O) groups is 2. The number of nitrogens with zero attached hydrogens (tertiary/aromatic N) is 1. The van der Waals surface area contributed by atoms with E-state index >= 15 is 0 Å². The van der Waals surface area contributed by atoms with E-state index in [-0.39, 0.29) is 30.3 Å². The Morgan fingerprint density at radius 3 is 1.94 bits per heavy atom. The van der Waals surface area contributed by atoms with Crippen molar-refractivity contribution in [3.8, 4) is 0 Å². The predicted molar refractivity (Wildman–Crippen MR) is 63.4 cm³/mol. The maximum Gasteiger partial charge on any atom is 0.237 e. The molecule has 0 radical (unpaired) electrons. The fraction of sp³-hybridized carbons (Fsp3) is 0.818. The molecule has 1 unspecified atom stereocenters. The van der Waals surface area contributed by atoms with Crippen molar-refractivity contribution in [3.05, 3.63) is 0 Å². The Bertz CT molecular complexity index is 252. The van der Waals surface area contributed by atoms with E-state index in [0.29, 0.717) is 6.54 Å². The van der Waals surface area contributed by atoms with Gasteiger partial charge in [-0.15, -0.1) is 0 Å². The van der Waals surface area contributed by atoms with E-state index < -0.39 is 5.91 Å². The molecule has 0 aromatic heterocycles. The van der Waals surface area contributed by atoms with Gasteiger partial charge in [0.05, 0.1) is 12.5 Å². The fourth-order valence-corrected chi connectivity index (χ4v) is 1.55. The van der Waals surface area contributed by atoms with Crippen LogP contribution in [0.15, 0.2) is 0 Å². The summed E-state index contributed by atoms with van der Waals surface area (Å²) in [6.45, 7) is 7.85. The van der Waals surface area contributed by atoms with Gasteiger partial charge in [0.15, 0.2) is 0 Å². The third-order valence-electron chi connectivity index (χ3n) is 2.61. The molecule has 5 nitrogen and oxygen atoms in total. The van der Waals surface area contributed by atoms with Gasteiger partial charge in [0.1, 0.15) is 0 Å². The zero-order valence-corrected chi connectivity index (χ0v) is 10.6. The van der Waals surface area contributed by atoms with Gasteiger partial charge in [0.25, 0.3) is 0 Å². The molecule has 0 aliphatic rings. The Morgan fingerprint density at radius 1 is 1.19 bits per heavy atom. The molecule has 0 aliphatic heterocycles. The SMILES string of the molecule is CC(C)C(CN)C(=O)N(CC(N)=O)C(C)C. The van der Waals surface area contributed by atoms with Crippen LogP contribution in [0, 0.1) is 11.8 Å². The second kappa shape index (κ2) is 6.48. The van der Waals surface area contributed by atoms with Crippen molar-refractivity contribution in [2.45, 2.75) is 33.7 Å². The van der Waals surface area contributed by atoms with Crippen molar-refractivity contribution >= 4 is 11.8 Å². The molecule has 0 fully saturated rings. The molecule has 0 aromatic carbocycles. The number of rotatable bonds is 6. The van der Waals surface area contributed by atoms with Gasteiger partial charge in [0, 0.05) is 12.6 Å². The molecule has 0 saturated carbocycles. The lowest BCUT2D eigenvalue weighted by atomic mass is 9.94. The van der Waals surface area contributed by atoms with Crippen LogP contribution in [0.4, 0.5) is 0 Å². The molecular weight excluding hydrogens is 206 g/mol. The lowest BCUT2D eigenvalue weighted by Gasteiger charge is -2.30. The van der Waals surface area contributed by atoms with E-state index in [1.54, 1.807) is 0 Å². The Balaban J connectivity index is 4.78. The summed E-state index contributed by atoms with van der Waals surface area (Å²) in [6, 6.07) is -0.0483. The molecule has 94 valence electrons. The highest BCUT2D eigenvalue weighted by Crippen LogP contribution is 2.14. The quantitative estimate of drug-likeness (QED) is 0.668. The highest BCUT2D eigenvalue weighted by Gasteiger charge is 2.28. The second-order valence-corrected chi connectivity index (χ2v) is 4.61. The van der Waals surface area contributed by atoms with Gasteiger partial charge in [-0.25, -0.2) is 0 Å². The molecule has 0 aromatic rings. The minimum atomic E-state index is -0.499. The van der Waals surface area contributed by atoms with Gasteiger partial charge in [-0.3, -0.25) is 9.59 Å². The molecule has 16 heavy (non-hydrogen) atoms. The monoisotopic (exact) mass is 229 g/mol. The van der Waals surface area contributed by atoms with E-state index in [1.807, 2.05) is 27.7 Å². The average molecular weight is 229 g/mol. The van der Waals surface area contributed by atoms with Crippen molar-refractivity contribution in [3.63, 3.8) is 0 Å². The average Bonchev–Trinajstić information content (AvgIpc) is 2.13. The molecule has 1 atom stereocenters. The normalized spacial score (nSPS) is 12.9. The number of amides is 2. The van der Waals surface area contributed by atoms with Crippen molar-refractivity contribution in [2.75, 3.05) is 13.1 Å². The first-order valence-corrected chi connectivity index (χ1v) is 5.60. The van der Waals surface area contributed by atoms with E-state index in [9.17, 15) is 9.59 Å². The molecule has 0 spiro atoms. The number of carbonyl (C=O) groups excluding carboxylic acids is 2. The Hall–Kier alpha value is -1.10. The molecule has 0 rings (SSSR count). The molecule has 4 N–H and O–H groups in total. The van der Waals surface area contributed by atoms with E-state index in [4.69, 9.17) is 11.5 Å². The lowest BCUT2D eigenvalue weighted by Crippen LogP contribution is -2.48. The van der Waals surface area contributed by atoms with Crippen LogP contribution >= 0.6 is 0 Å². The van der Waals surface area contributed by atoms with Crippen molar-refractivity contribution in [1.29, 1.82) is 0 Å². The van der Waals surface area contributed by atoms with E-state index in [0.717, 1.165) is 0 Å². The number of hydrogen-bond donors (Lipinski definition) is 2. The smallest absolute Gasteiger partial charge is 0.237 e. The summed E-state index contributed by atoms with van der Waals surface area (Å²) in [5, 5.41) is 0. The third kappa shape index (κ3) is 4.18. The molecular formula is C11H23N3O2. The standard InChI is InChI=1S/C11H23N3O2/c1-7(2)9(5-12)11(16)14(8(3)4)6-10(13)15/h7-9H,5-6,12H2,1-4H3,(H2,13,15). The lowest BCUT2D eigenvalue weighted by molar-refractivity contribution is -0.141. The molecule has 2 amide bonds. The minimum Gasteiger partial charge on any atom is -0.368 e. The highest BCUT2D eigenvalue weighted by atomic mass is 16.2. The van der Waals surface area contributed by atoms with Gasteiger partial charge in [-0.1, -0.05) is 13.8 Å². The summed E-state index contributed by atoms with van der Waals surface area (Å²) in [4.78, 5) is 24.5. The topological polar surface area (TPSA) is 89.4 Å². The van der Waals surface area contributed by atoms with Gasteiger partial charge < -0.3 is 16.4 Å². The summed E-state index contributed by atoms with van der Waals surface area (Å²) >= 11 is 0. The number of nitrogens with two attached hydrogens (primary N) is 2. The van der Waals surface area contributed by atoms with Gasteiger partial charge in [-0.05, 0) is 19.8 Å². The van der Waals surface area contributed by atoms with Crippen LogP contribution in [0.5, 0.6) is 0 Å². The molecule has 5 heteroatoms. The van der Waals surface area contributed by atoms with Crippen molar-refractivity contribution in [2.24, 2.45) is 23.3 Å². The molecule has 0 aliphatic carbocycles. The minimum absolute atomic E-state index is 0.0419. The first kappa shape index (κ1) is 14.9. The predicted octanol–water partition coefficient (Wildman–Crippen LogP) is -0.0604. The molecule has 0 saturated heterocycles. The maximum atomic E-state index is 12.1. The zero-order valence-electron chi connectivity index (χ0n) is 10.6. The third-order valence-corrected chi connectivity index (χ3v) is 2.61. The summed E-state index contributed by atoms with van der Waals surface area (Å²) in [5.41, 5.74) is 10.7. The van der Waals surface area contributed by atoms with Crippen LogP contribution in [0.3, 0.4) is 0 Å². The largest absolute Gasteiger partial charge is 0.368 e. The van der Waals surface area contributed by atoms with Crippen LogP contribution in [-0.4, -0.2) is 35.8 Å². The second-order valence-electron chi connectivity index (χ2n) is 4.61. The van der Waals surface area contributed by atoms with Crippen LogP contribution < -0.4 is 11.5 Å². The van der Waals surface area contributed by atoms with Crippen LogP contribution in [0.2, 0.25) is 0 Å². The first-order valence-electron chi connectivity index (χ1n) is 5.60. The zero-order chi connectivity index (χ0) is 12.9. The molecule has 0 heterocycles. The summed E-state index contributed by atoms with van der Waals surface area (Å²) in [5.74, 6) is -0.679. The van der Waals surface area contributed by atoms with Gasteiger partial charge in [-0.2, -0.15) is 0 Å². The Kier molecular flexibility index (Phi) is 6.03. The Morgan fingerprint density at radius 2 is 1.69 bits per heavy atom. The van der Waals surface area contributed by atoms with Crippen molar-refractivity contribution < 1.29 is 9.59 Å². The van der Waals surface area contributed by atoms with Gasteiger partial charge in [0.2, 0.25) is 11.8 Å². The first-order chi connectivity index (χ1) is 7.31. The van der Waals surface area contributed by atoms with Gasteiger partial charge >= 0.3 is 0 Å². The summed E-state index contributed by atoms with van der Waals surface area (Å²) in [7, 11) is 0. The van der Waals surface area contributed by atoms with Crippen LogP contribution in [0.25, 0.3) is 0 Å². The highest BCUT2D eigenvalue weighted by molar-refractivity contribution is 5.85. The fourth-order valence-electron chi connectivity index (χ4n) is 1.55. The van der Waals surface area contributed by atoms with Crippen LogP contribution in [0.1, 0.15) is 27.7 Å². The Labute approximate surface area is 97.2 Å². The summed E-state index contributed by atoms with van der Waals surface area (Å²) in [6.07, 6.45) is 0. The van der Waals surface area contributed by atoms with Crippen molar-refractivity contribution in [1.82, 2.24) is 4.90 Å². The van der Waals surface area contributed by atoms with E-state index in [2.05, 4.69) is 0 Å². The maximum absolute atomic E-state index is 12.1. The van der Waals surface area contributed by atoms with Crippen LogP contribution in [-0.2, 0) is 9.59 Å². The van der Waals surface area contributed by atoms with E-state index in [1.165, 1.54) is 4.90 Å². The number of primary amides is 1. The molecule has 0 bridgehead atoms. The number of hydrogen-bond acceptors (Lipinski definition) is 3. The summed E-state index contributed by atoms with van der Waals surface area (Å²) < 4.78 is 0.